The van der Waals surface area contributed by atoms with Crippen LogP contribution in [-0.4, -0.2) is 22.9 Å². The molecule has 2 fully saturated rings. The van der Waals surface area contributed by atoms with Gasteiger partial charge in [0, 0.05) is 6.04 Å². The molecule has 19 heavy (non-hydrogen) atoms. The Morgan fingerprint density at radius 2 is 1.95 bits per heavy atom. The summed E-state index contributed by atoms with van der Waals surface area (Å²) in [6.45, 7) is 3.88. The molecule has 3 rings (SSSR count). The zero-order valence-electron chi connectivity index (χ0n) is 10.9. The number of benzene rings is 1. The van der Waals surface area contributed by atoms with Gasteiger partial charge in [0.1, 0.15) is 6.17 Å². The second-order valence-corrected chi connectivity index (χ2v) is 5.49. The lowest BCUT2D eigenvalue weighted by atomic mass is 10.1. The minimum Gasteiger partial charge on any atom is -0.318 e. The van der Waals surface area contributed by atoms with Crippen LogP contribution in [0.25, 0.3) is 0 Å². The molecule has 5 heteroatoms. The van der Waals surface area contributed by atoms with Gasteiger partial charge in [0.05, 0.1) is 6.04 Å². The maximum absolute atomic E-state index is 13.3. The van der Waals surface area contributed by atoms with Gasteiger partial charge in [-0.15, -0.1) is 0 Å². The molecular weight excluding hydrogens is 250 g/mol. The molecule has 3 nitrogen and oxygen atoms in total. The molecule has 0 spiro atoms. The SMILES string of the molecule is CC1NC(c2ccc(F)c(F)c2)N(C2CC2C)C1=O. The van der Waals surface area contributed by atoms with Gasteiger partial charge in [-0.1, -0.05) is 13.0 Å². The second kappa shape index (κ2) is 4.27. The number of rotatable bonds is 2. The summed E-state index contributed by atoms with van der Waals surface area (Å²) in [4.78, 5) is 13.9. The average Bonchev–Trinajstić information content (AvgIpc) is 3.00. The number of hydrogen-bond donors (Lipinski definition) is 1. The van der Waals surface area contributed by atoms with Crippen LogP contribution in [0.3, 0.4) is 0 Å². The zero-order valence-corrected chi connectivity index (χ0v) is 10.9. The molecule has 0 aromatic heterocycles. The minimum atomic E-state index is -0.880. The van der Waals surface area contributed by atoms with E-state index in [1.54, 1.807) is 11.8 Å². The molecule has 4 atom stereocenters. The van der Waals surface area contributed by atoms with E-state index in [2.05, 4.69) is 12.2 Å². The molecular formula is C14H16F2N2O. The monoisotopic (exact) mass is 266 g/mol. The van der Waals surface area contributed by atoms with Crippen molar-refractivity contribution in [1.82, 2.24) is 10.2 Å². The summed E-state index contributed by atoms with van der Waals surface area (Å²) in [6, 6.07) is 3.72. The van der Waals surface area contributed by atoms with Crippen LogP contribution in [-0.2, 0) is 4.79 Å². The number of carbonyl (C=O) groups excluding carboxylic acids is 1. The Labute approximate surface area is 110 Å². The molecule has 1 amide bonds. The van der Waals surface area contributed by atoms with Crippen LogP contribution in [0, 0.1) is 17.6 Å². The molecule has 1 saturated carbocycles. The van der Waals surface area contributed by atoms with E-state index in [0.717, 1.165) is 12.5 Å². The molecule has 4 unspecified atom stereocenters. The average molecular weight is 266 g/mol. The van der Waals surface area contributed by atoms with Gasteiger partial charge in [-0.25, -0.2) is 8.78 Å². The third kappa shape index (κ3) is 2.02. The Bertz CT molecular complexity index is 534. The predicted octanol–water partition coefficient (Wildman–Crippen LogP) is 2.19. The molecule has 1 aliphatic heterocycles. The van der Waals surface area contributed by atoms with Crippen LogP contribution in [0.1, 0.15) is 32.0 Å². The Morgan fingerprint density at radius 3 is 2.53 bits per heavy atom. The Morgan fingerprint density at radius 1 is 1.26 bits per heavy atom. The summed E-state index contributed by atoms with van der Waals surface area (Å²) in [5.74, 6) is -1.24. The van der Waals surface area contributed by atoms with Crippen LogP contribution in [0.15, 0.2) is 18.2 Å². The lowest BCUT2D eigenvalue weighted by Crippen LogP contribution is -2.33. The fourth-order valence-corrected chi connectivity index (χ4v) is 2.72. The normalized spacial score (nSPS) is 33.9. The van der Waals surface area contributed by atoms with E-state index < -0.39 is 11.6 Å². The van der Waals surface area contributed by atoms with Crippen molar-refractivity contribution in [3.63, 3.8) is 0 Å². The molecule has 102 valence electrons. The van der Waals surface area contributed by atoms with Gasteiger partial charge in [-0.3, -0.25) is 10.1 Å². The van der Waals surface area contributed by atoms with E-state index in [9.17, 15) is 13.6 Å². The van der Waals surface area contributed by atoms with E-state index >= 15 is 0 Å². The van der Waals surface area contributed by atoms with Crippen molar-refractivity contribution in [2.75, 3.05) is 0 Å². The first-order valence-electron chi connectivity index (χ1n) is 6.52. The van der Waals surface area contributed by atoms with Crippen molar-refractivity contribution in [3.8, 4) is 0 Å². The first kappa shape index (κ1) is 12.5. The van der Waals surface area contributed by atoms with Gasteiger partial charge < -0.3 is 4.90 Å². The maximum Gasteiger partial charge on any atom is 0.241 e. The largest absolute Gasteiger partial charge is 0.318 e. The summed E-state index contributed by atoms with van der Waals surface area (Å²) < 4.78 is 26.3. The lowest BCUT2D eigenvalue weighted by Gasteiger charge is -2.25. The van der Waals surface area contributed by atoms with E-state index in [1.165, 1.54) is 12.1 Å². The molecule has 0 bridgehead atoms. The standard InChI is InChI=1S/C14H16F2N2O/c1-7-5-12(7)18-13(17-8(2)14(18)19)9-3-4-10(15)11(16)6-9/h3-4,6-8,12-13,17H,5H2,1-2H3. The highest BCUT2D eigenvalue weighted by atomic mass is 19.2. The summed E-state index contributed by atoms with van der Waals surface area (Å²) in [7, 11) is 0. The number of amides is 1. The van der Waals surface area contributed by atoms with E-state index in [0.29, 0.717) is 11.5 Å². The summed E-state index contributed by atoms with van der Waals surface area (Å²) in [5.41, 5.74) is 0.593. The third-order valence-corrected chi connectivity index (χ3v) is 3.99. The van der Waals surface area contributed by atoms with E-state index in [-0.39, 0.29) is 24.2 Å². The van der Waals surface area contributed by atoms with Gasteiger partial charge in [0.2, 0.25) is 5.91 Å². The van der Waals surface area contributed by atoms with Crippen LogP contribution in [0.4, 0.5) is 8.78 Å². The Kier molecular flexibility index (Phi) is 2.82. The summed E-state index contributed by atoms with van der Waals surface area (Å²) >= 11 is 0. The number of nitrogens with zero attached hydrogens (tertiary/aromatic N) is 1. The number of hydrogen-bond acceptors (Lipinski definition) is 2. The van der Waals surface area contributed by atoms with Crippen molar-refractivity contribution in [1.29, 1.82) is 0 Å². The summed E-state index contributed by atoms with van der Waals surface area (Å²) in [5, 5.41) is 3.15. The van der Waals surface area contributed by atoms with Gasteiger partial charge in [0.25, 0.3) is 0 Å². The number of nitrogens with one attached hydrogen (secondary N) is 1. The smallest absolute Gasteiger partial charge is 0.241 e. The van der Waals surface area contributed by atoms with Crippen molar-refractivity contribution in [2.24, 2.45) is 5.92 Å². The van der Waals surface area contributed by atoms with Crippen LogP contribution >= 0.6 is 0 Å². The first-order valence-corrected chi connectivity index (χ1v) is 6.52. The highest BCUT2D eigenvalue weighted by molar-refractivity contribution is 5.84. The van der Waals surface area contributed by atoms with Crippen molar-refractivity contribution in [3.05, 3.63) is 35.4 Å². The van der Waals surface area contributed by atoms with E-state index in [4.69, 9.17) is 0 Å². The van der Waals surface area contributed by atoms with Crippen LogP contribution in [0.2, 0.25) is 0 Å². The fourth-order valence-electron chi connectivity index (χ4n) is 2.72. The molecule has 1 heterocycles. The summed E-state index contributed by atoms with van der Waals surface area (Å²) in [6.07, 6.45) is 0.618. The first-order chi connectivity index (χ1) is 8.99. The highest BCUT2D eigenvalue weighted by Crippen LogP contribution is 2.41. The van der Waals surface area contributed by atoms with Gasteiger partial charge >= 0.3 is 0 Å². The molecule has 1 aromatic carbocycles. The highest BCUT2D eigenvalue weighted by Gasteiger charge is 2.49. The number of carbonyl (C=O) groups is 1. The molecule has 1 aliphatic carbocycles. The fraction of sp³-hybridized carbons (Fsp3) is 0.500. The quantitative estimate of drug-likeness (QED) is 0.890. The minimum absolute atomic E-state index is 0.0316. The zero-order chi connectivity index (χ0) is 13.7. The Balaban J connectivity index is 1.93. The van der Waals surface area contributed by atoms with Crippen molar-refractivity contribution >= 4 is 5.91 Å². The van der Waals surface area contributed by atoms with Gasteiger partial charge in [-0.2, -0.15) is 0 Å². The van der Waals surface area contributed by atoms with Crippen molar-refractivity contribution in [2.45, 2.75) is 38.5 Å². The third-order valence-electron chi connectivity index (χ3n) is 3.99. The van der Waals surface area contributed by atoms with Gasteiger partial charge in [0.15, 0.2) is 11.6 Å². The lowest BCUT2D eigenvalue weighted by molar-refractivity contribution is -0.130. The topological polar surface area (TPSA) is 32.3 Å². The number of halogens is 2. The van der Waals surface area contributed by atoms with Crippen LogP contribution in [0.5, 0.6) is 0 Å². The predicted molar refractivity (Wildman–Crippen MR) is 66.1 cm³/mol. The molecule has 0 radical (unpaired) electrons. The molecule has 1 aromatic rings. The molecule has 1 N–H and O–H groups in total. The molecule has 1 saturated heterocycles. The Hall–Kier alpha value is -1.49. The van der Waals surface area contributed by atoms with Crippen molar-refractivity contribution < 1.29 is 13.6 Å². The maximum atomic E-state index is 13.3. The van der Waals surface area contributed by atoms with Crippen LogP contribution < -0.4 is 5.32 Å². The van der Waals surface area contributed by atoms with E-state index in [1.807, 2.05) is 0 Å². The molecule has 2 aliphatic rings. The van der Waals surface area contributed by atoms with Gasteiger partial charge in [-0.05, 0) is 37.0 Å². The second-order valence-electron chi connectivity index (χ2n) is 5.49.